The molecule has 0 unspecified atom stereocenters. The molecule has 0 saturated heterocycles. The topological polar surface area (TPSA) is 30.5 Å². The molecule has 1 N–H and O–H groups in total. The number of halogens is 1. The van der Waals surface area contributed by atoms with Gasteiger partial charge < -0.3 is 14.8 Å². The summed E-state index contributed by atoms with van der Waals surface area (Å²) in [6.07, 6.45) is 7.51. The van der Waals surface area contributed by atoms with E-state index in [1.165, 1.54) is 32.1 Å². The number of hydrogen-bond acceptors (Lipinski definition) is 3. The third kappa shape index (κ3) is 7.01. The maximum absolute atomic E-state index is 5.89. The zero-order chi connectivity index (χ0) is 16.2. The molecule has 0 aliphatic rings. The predicted octanol–water partition coefficient (Wildman–Crippen LogP) is 5.31. The van der Waals surface area contributed by atoms with Gasteiger partial charge in [-0.3, -0.25) is 0 Å². The summed E-state index contributed by atoms with van der Waals surface area (Å²) in [6.45, 7) is 6.92. The van der Waals surface area contributed by atoms with Gasteiger partial charge >= 0.3 is 0 Å². The van der Waals surface area contributed by atoms with Crippen molar-refractivity contribution in [2.24, 2.45) is 0 Å². The number of benzene rings is 1. The van der Waals surface area contributed by atoms with Crippen LogP contribution < -0.4 is 14.8 Å². The standard InChI is InChI=1S/C18H30BrNO2/c1-4-6-7-8-9-10-20-14-15-12-16(19)13-17(21-3)18(15)22-11-5-2/h12-13,20H,4-11,14H2,1-3H3. The Hall–Kier alpha value is -0.740. The summed E-state index contributed by atoms with van der Waals surface area (Å²) in [4.78, 5) is 0. The maximum atomic E-state index is 5.89. The molecule has 126 valence electrons. The van der Waals surface area contributed by atoms with Crippen LogP contribution in [-0.4, -0.2) is 20.3 Å². The van der Waals surface area contributed by atoms with Gasteiger partial charge in [-0.15, -0.1) is 0 Å². The number of unbranched alkanes of at least 4 members (excludes halogenated alkanes) is 4. The van der Waals surface area contributed by atoms with Gasteiger partial charge in [-0.25, -0.2) is 0 Å². The molecule has 4 heteroatoms. The highest BCUT2D eigenvalue weighted by Gasteiger charge is 2.12. The molecule has 0 saturated carbocycles. The van der Waals surface area contributed by atoms with E-state index in [2.05, 4.69) is 41.2 Å². The van der Waals surface area contributed by atoms with Gasteiger partial charge in [-0.1, -0.05) is 55.5 Å². The number of methoxy groups -OCH3 is 1. The Labute approximate surface area is 143 Å². The molecule has 0 fully saturated rings. The van der Waals surface area contributed by atoms with Crippen molar-refractivity contribution in [1.29, 1.82) is 0 Å². The van der Waals surface area contributed by atoms with Crippen molar-refractivity contribution in [1.82, 2.24) is 5.32 Å². The predicted molar refractivity (Wildman–Crippen MR) is 96.9 cm³/mol. The van der Waals surface area contributed by atoms with Gasteiger partial charge in [-0.05, 0) is 31.5 Å². The lowest BCUT2D eigenvalue weighted by Crippen LogP contribution is -2.16. The van der Waals surface area contributed by atoms with Crippen molar-refractivity contribution in [3.05, 3.63) is 22.2 Å². The lowest BCUT2D eigenvalue weighted by Gasteiger charge is -2.16. The van der Waals surface area contributed by atoms with Crippen LogP contribution in [0.1, 0.15) is 57.9 Å². The average molecular weight is 372 g/mol. The third-order valence-corrected chi connectivity index (χ3v) is 4.00. The van der Waals surface area contributed by atoms with Crippen LogP contribution in [0.4, 0.5) is 0 Å². The summed E-state index contributed by atoms with van der Waals surface area (Å²) in [5.74, 6) is 1.66. The highest BCUT2D eigenvalue weighted by Crippen LogP contribution is 2.35. The number of ether oxygens (including phenoxy) is 2. The number of rotatable bonds is 12. The molecule has 0 radical (unpaired) electrons. The van der Waals surface area contributed by atoms with E-state index in [0.29, 0.717) is 6.61 Å². The molecule has 1 aromatic rings. The highest BCUT2D eigenvalue weighted by molar-refractivity contribution is 9.10. The van der Waals surface area contributed by atoms with Gasteiger partial charge in [0.25, 0.3) is 0 Å². The number of hydrogen-bond donors (Lipinski definition) is 1. The van der Waals surface area contributed by atoms with Gasteiger partial charge in [-0.2, -0.15) is 0 Å². The molecule has 0 spiro atoms. The minimum absolute atomic E-state index is 0.710. The van der Waals surface area contributed by atoms with E-state index in [4.69, 9.17) is 9.47 Å². The molecule has 0 heterocycles. The lowest BCUT2D eigenvalue weighted by atomic mass is 10.1. The van der Waals surface area contributed by atoms with Crippen molar-refractivity contribution in [3.63, 3.8) is 0 Å². The normalized spacial score (nSPS) is 10.7. The lowest BCUT2D eigenvalue weighted by molar-refractivity contribution is 0.290. The van der Waals surface area contributed by atoms with E-state index in [0.717, 1.165) is 41.0 Å². The monoisotopic (exact) mass is 371 g/mol. The van der Waals surface area contributed by atoms with Gasteiger partial charge in [0.2, 0.25) is 0 Å². The molecule has 0 aliphatic heterocycles. The second-order valence-corrected chi connectivity index (χ2v) is 6.45. The molecule has 22 heavy (non-hydrogen) atoms. The Kier molecular flexibility index (Phi) is 10.3. The van der Waals surface area contributed by atoms with Crippen molar-refractivity contribution in [2.75, 3.05) is 20.3 Å². The minimum Gasteiger partial charge on any atom is -0.493 e. The minimum atomic E-state index is 0.710. The first-order valence-electron chi connectivity index (χ1n) is 8.42. The van der Waals surface area contributed by atoms with Gasteiger partial charge in [0.05, 0.1) is 13.7 Å². The summed E-state index contributed by atoms with van der Waals surface area (Å²) in [5, 5.41) is 3.52. The van der Waals surface area contributed by atoms with E-state index in [1.54, 1.807) is 7.11 Å². The molecule has 0 bridgehead atoms. The molecule has 0 amide bonds. The molecular formula is C18H30BrNO2. The maximum Gasteiger partial charge on any atom is 0.165 e. The van der Waals surface area contributed by atoms with Crippen LogP contribution in [0.5, 0.6) is 11.5 Å². The van der Waals surface area contributed by atoms with Gasteiger partial charge in [0, 0.05) is 16.6 Å². The molecular weight excluding hydrogens is 342 g/mol. The van der Waals surface area contributed by atoms with Crippen LogP contribution in [0.3, 0.4) is 0 Å². The first-order chi connectivity index (χ1) is 10.7. The SMILES string of the molecule is CCCCCCCNCc1cc(Br)cc(OC)c1OCCC. The quantitative estimate of drug-likeness (QED) is 0.505. The fraction of sp³-hybridized carbons (Fsp3) is 0.667. The van der Waals surface area contributed by atoms with E-state index in [1.807, 2.05) is 6.07 Å². The Bertz CT molecular complexity index is 424. The Balaban J connectivity index is 2.54. The molecule has 1 rings (SSSR count). The fourth-order valence-electron chi connectivity index (χ4n) is 2.35. The third-order valence-electron chi connectivity index (χ3n) is 3.54. The van der Waals surface area contributed by atoms with E-state index in [9.17, 15) is 0 Å². The summed E-state index contributed by atoms with van der Waals surface area (Å²) in [5.41, 5.74) is 1.15. The molecule has 0 aliphatic carbocycles. The Morgan fingerprint density at radius 2 is 1.82 bits per heavy atom. The van der Waals surface area contributed by atoms with Gasteiger partial charge in [0.15, 0.2) is 11.5 Å². The Morgan fingerprint density at radius 3 is 2.50 bits per heavy atom. The molecule has 3 nitrogen and oxygen atoms in total. The molecule has 0 atom stereocenters. The largest absolute Gasteiger partial charge is 0.493 e. The van der Waals surface area contributed by atoms with Crippen LogP contribution in [0, 0.1) is 0 Å². The van der Waals surface area contributed by atoms with E-state index >= 15 is 0 Å². The Morgan fingerprint density at radius 1 is 1.05 bits per heavy atom. The van der Waals surface area contributed by atoms with Crippen molar-refractivity contribution < 1.29 is 9.47 Å². The summed E-state index contributed by atoms with van der Waals surface area (Å²) in [7, 11) is 1.69. The second kappa shape index (κ2) is 11.8. The summed E-state index contributed by atoms with van der Waals surface area (Å²) >= 11 is 3.54. The summed E-state index contributed by atoms with van der Waals surface area (Å²) in [6, 6.07) is 4.07. The average Bonchev–Trinajstić information content (AvgIpc) is 2.52. The fourth-order valence-corrected chi connectivity index (χ4v) is 2.83. The van der Waals surface area contributed by atoms with Crippen molar-refractivity contribution >= 4 is 15.9 Å². The smallest absolute Gasteiger partial charge is 0.165 e. The highest BCUT2D eigenvalue weighted by atomic mass is 79.9. The van der Waals surface area contributed by atoms with Crippen LogP contribution in [0.25, 0.3) is 0 Å². The number of nitrogens with one attached hydrogen (secondary N) is 1. The van der Waals surface area contributed by atoms with Crippen LogP contribution >= 0.6 is 15.9 Å². The van der Waals surface area contributed by atoms with E-state index in [-0.39, 0.29) is 0 Å². The first kappa shape index (κ1) is 19.3. The second-order valence-electron chi connectivity index (χ2n) is 5.54. The molecule has 0 aromatic heterocycles. The van der Waals surface area contributed by atoms with Crippen LogP contribution in [0.2, 0.25) is 0 Å². The van der Waals surface area contributed by atoms with Crippen molar-refractivity contribution in [3.8, 4) is 11.5 Å². The zero-order valence-electron chi connectivity index (χ0n) is 14.2. The van der Waals surface area contributed by atoms with Crippen LogP contribution in [0.15, 0.2) is 16.6 Å². The zero-order valence-corrected chi connectivity index (χ0v) is 15.8. The van der Waals surface area contributed by atoms with Crippen molar-refractivity contribution in [2.45, 2.75) is 58.9 Å². The van der Waals surface area contributed by atoms with Gasteiger partial charge in [0.1, 0.15) is 0 Å². The van der Waals surface area contributed by atoms with E-state index < -0.39 is 0 Å². The summed E-state index contributed by atoms with van der Waals surface area (Å²) < 4.78 is 12.4. The van der Waals surface area contributed by atoms with Crippen LogP contribution in [-0.2, 0) is 6.54 Å². The first-order valence-corrected chi connectivity index (χ1v) is 9.22. The molecule has 1 aromatic carbocycles.